The van der Waals surface area contributed by atoms with Crippen molar-refractivity contribution in [2.75, 3.05) is 26.4 Å². The third-order valence-electron chi connectivity index (χ3n) is 2.32. The Bertz CT molecular complexity index is 512. The minimum absolute atomic E-state index is 0. The molecular formula is C12H30BLiO15P2. The summed E-state index contributed by atoms with van der Waals surface area (Å²) in [7, 11) is -10.5. The summed E-state index contributed by atoms with van der Waals surface area (Å²) >= 11 is 0. The molecule has 31 heavy (non-hydrogen) atoms. The average molecular weight is 494 g/mol. The maximum Gasteiger partial charge on any atom is 1.00 e. The summed E-state index contributed by atoms with van der Waals surface area (Å²) < 4.78 is 41.1. The Morgan fingerprint density at radius 3 is 0.968 bits per heavy atom. The van der Waals surface area contributed by atoms with E-state index >= 15 is 0 Å². The summed E-state index contributed by atoms with van der Waals surface area (Å²) in [6, 6.07) is 0. The van der Waals surface area contributed by atoms with Crippen molar-refractivity contribution < 1.29 is 92.6 Å². The van der Waals surface area contributed by atoms with Crippen molar-refractivity contribution in [3.05, 3.63) is 0 Å². The molecule has 0 aromatic carbocycles. The number of hydrogen-bond acceptors (Lipinski definition) is 15. The zero-order chi connectivity index (χ0) is 24.6. The van der Waals surface area contributed by atoms with E-state index < -0.39 is 33.6 Å². The van der Waals surface area contributed by atoms with Crippen molar-refractivity contribution in [1.29, 1.82) is 0 Å². The molecule has 0 rings (SSSR count). The Morgan fingerprint density at radius 1 is 0.710 bits per heavy atom. The number of aliphatic hydroxyl groups is 4. The standard InChI is InChI=1S/2C6H13O6P.BH3O3.Li.H/c2*1-3-11-13(10,12-4-2)6(8,9)5-7;2-1(3)4;;/h2*5,8-9H,3-4H2,1-2H3;2-4H;;/q;;;+1;-1. The summed E-state index contributed by atoms with van der Waals surface area (Å²) in [4.78, 5) is 20.4. The van der Waals surface area contributed by atoms with Gasteiger partial charge in [-0.05, 0) is 27.7 Å². The first-order valence-electron chi connectivity index (χ1n) is 8.24. The van der Waals surface area contributed by atoms with Crippen molar-refractivity contribution >= 4 is 35.1 Å². The van der Waals surface area contributed by atoms with Gasteiger partial charge >= 0.3 is 52.4 Å². The molecule has 0 aliphatic carbocycles. The van der Waals surface area contributed by atoms with Crippen LogP contribution in [0.4, 0.5) is 0 Å². The fourth-order valence-electron chi connectivity index (χ4n) is 1.26. The maximum absolute atomic E-state index is 11.5. The fourth-order valence-corrected chi connectivity index (χ4v) is 3.79. The molecule has 0 atom stereocenters. The van der Waals surface area contributed by atoms with Gasteiger partial charge in [-0.1, -0.05) is 0 Å². The Balaban J connectivity index is -0.000000123. The van der Waals surface area contributed by atoms with E-state index in [1.165, 1.54) is 27.7 Å². The molecule has 0 saturated carbocycles. The summed E-state index contributed by atoms with van der Waals surface area (Å²) in [5.74, 6) is 0. The average Bonchev–Trinajstić information content (AvgIpc) is 2.62. The van der Waals surface area contributed by atoms with Gasteiger partial charge < -0.3 is 55.0 Å². The van der Waals surface area contributed by atoms with Gasteiger partial charge in [0.15, 0.2) is 12.6 Å². The van der Waals surface area contributed by atoms with Crippen LogP contribution in [0.3, 0.4) is 0 Å². The van der Waals surface area contributed by atoms with Crippen molar-refractivity contribution in [2.45, 2.75) is 38.8 Å². The Hall–Kier alpha value is 0.0223. The molecule has 0 spiro atoms. The molecule has 0 amide bonds. The maximum atomic E-state index is 11.5. The first-order chi connectivity index (χ1) is 13.6. The van der Waals surface area contributed by atoms with Crippen molar-refractivity contribution in [3.63, 3.8) is 0 Å². The molecule has 0 bridgehead atoms. The predicted molar refractivity (Wildman–Crippen MR) is 102 cm³/mol. The molecule has 0 aromatic heterocycles. The van der Waals surface area contributed by atoms with Crippen LogP contribution in [0.2, 0.25) is 0 Å². The van der Waals surface area contributed by atoms with Crippen LogP contribution < -0.4 is 18.9 Å². The first-order valence-corrected chi connectivity index (χ1v) is 11.3. The number of carbonyl (C=O) groups is 2. The zero-order valence-corrected chi connectivity index (χ0v) is 19.6. The van der Waals surface area contributed by atoms with Crippen LogP contribution >= 0.6 is 15.2 Å². The number of hydrogen-bond donors (Lipinski definition) is 7. The number of carbonyl (C=O) groups excluding carboxylic acids is 2. The summed E-state index contributed by atoms with van der Waals surface area (Å²) in [5, 5.41) is 57.4. The van der Waals surface area contributed by atoms with Gasteiger partial charge in [0.05, 0.1) is 26.4 Å². The van der Waals surface area contributed by atoms with Crippen LogP contribution in [-0.2, 0) is 36.8 Å². The molecule has 0 radical (unpaired) electrons. The van der Waals surface area contributed by atoms with E-state index in [9.17, 15) is 18.7 Å². The minimum atomic E-state index is -4.18. The molecule has 0 fully saturated rings. The zero-order valence-electron chi connectivity index (χ0n) is 18.9. The molecule has 0 aromatic rings. The summed E-state index contributed by atoms with van der Waals surface area (Å²) in [6.45, 7) is 5.78. The second-order valence-corrected chi connectivity index (χ2v) is 8.96. The van der Waals surface area contributed by atoms with Crippen LogP contribution in [-0.4, -0.2) is 92.9 Å². The Kier molecular flexibility index (Phi) is 22.8. The number of aldehydes is 2. The minimum Gasteiger partial charge on any atom is -1.00 e. The molecule has 182 valence electrons. The molecule has 0 heterocycles. The molecule has 15 nitrogen and oxygen atoms in total. The monoisotopic (exact) mass is 494 g/mol. The van der Waals surface area contributed by atoms with Crippen LogP contribution in [0.25, 0.3) is 0 Å². The van der Waals surface area contributed by atoms with Crippen LogP contribution in [0.1, 0.15) is 29.1 Å². The smallest absolute Gasteiger partial charge is 1.00 e. The van der Waals surface area contributed by atoms with Crippen molar-refractivity contribution in [3.8, 4) is 0 Å². The van der Waals surface area contributed by atoms with E-state index in [1.807, 2.05) is 0 Å². The second-order valence-electron chi connectivity index (χ2n) is 4.62. The Morgan fingerprint density at radius 2 is 0.871 bits per heavy atom. The quantitative estimate of drug-likeness (QED) is 0.0583. The molecule has 0 aliphatic heterocycles. The Labute approximate surface area is 193 Å². The van der Waals surface area contributed by atoms with Gasteiger partial charge in [-0.3, -0.25) is 18.7 Å². The topological polar surface area (TPSA) is 247 Å². The van der Waals surface area contributed by atoms with E-state index in [0.717, 1.165) is 0 Å². The van der Waals surface area contributed by atoms with E-state index in [2.05, 4.69) is 18.1 Å². The van der Waals surface area contributed by atoms with Crippen LogP contribution in [0.15, 0.2) is 0 Å². The fraction of sp³-hybridized carbons (Fsp3) is 0.833. The summed E-state index contributed by atoms with van der Waals surface area (Å²) in [5.41, 5.74) is -6.14. The van der Waals surface area contributed by atoms with Gasteiger partial charge in [0, 0.05) is 0 Å². The van der Waals surface area contributed by atoms with Gasteiger partial charge in [0.25, 0.3) is 0 Å². The molecule has 0 unspecified atom stereocenters. The van der Waals surface area contributed by atoms with E-state index in [-0.39, 0.29) is 59.3 Å². The molecule has 7 N–H and O–H groups in total. The van der Waals surface area contributed by atoms with Crippen LogP contribution in [0.5, 0.6) is 0 Å². The molecule has 19 heteroatoms. The van der Waals surface area contributed by atoms with Gasteiger partial charge in [0.1, 0.15) is 0 Å². The largest absolute Gasteiger partial charge is 1.00 e. The molecular weight excluding hydrogens is 464 g/mol. The van der Waals surface area contributed by atoms with E-state index in [4.69, 9.17) is 35.5 Å². The third kappa shape index (κ3) is 14.7. The van der Waals surface area contributed by atoms with Crippen molar-refractivity contribution in [2.24, 2.45) is 0 Å². The van der Waals surface area contributed by atoms with Gasteiger partial charge in [0.2, 0.25) is 0 Å². The predicted octanol–water partition coefficient (Wildman–Crippen LogP) is -4.76. The van der Waals surface area contributed by atoms with E-state index in [0.29, 0.717) is 0 Å². The first kappa shape index (κ1) is 38.3. The normalized spacial score (nSPS) is 11.7. The molecule has 0 saturated heterocycles. The third-order valence-corrected chi connectivity index (χ3v) is 6.53. The van der Waals surface area contributed by atoms with Gasteiger partial charge in [-0.15, -0.1) is 0 Å². The summed E-state index contributed by atoms with van der Waals surface area (Å²) in [6.07, 6.45) is -0.557. The second kappa shape index (κ2) is 18.4. The van der Waals surface area contributed by atoms with Gasteiger partial charge in [-0.25, -0.2) is 0 Å². The molecule has 0 aliphatic rings. The van der Waals surface area contributed by atoms with Gasteiger partial charge in [-0.2, -0.15) is 0 Å². The van der Waals surface area contributed by atoms with Crippen molar-refractivity contribution in [1.82, 2.24) is 0 Å². The van der Waals surface area contributed by atoms with E-state index in [1.54, 1.807) is 0 Å². The number of rotatable bonds is 12. The van der Waals surface area contributed by atoms with Crippen LogP contribution in [0, 0.1) is 0 Å². The SMILES string of the molecule is CCOP(=O)(OCC)C(O)(O)C=O.CCOP(=O)(OCC)C(O)(O)C=O.OB(O)O.[H-].[Li+].